The van der Waals surface area contributed by atoms with E-state index in [0.29, 0.717) is 10.1 Å². The predicted molar refractivity (Wildman–Crippen MR) is 61.1 cm³/mol. The van der Waals surface area contributed by atoms with E-state index in [-0.39, 0.29) is 6.54 Å². The molecule has 0 amide bonds. The van der Waals surface area contributed by atoms with Crippen LogP contribution in [0.2, 0.25) is 0 Å². The van der Waals surface area contributed by atoms with Gasteiger partial charge in [-0.3, -0.25) is 4.90 Å². The molecule has 0 aliphatic heterocycles. The topological polar surface area (TPSA) is 41.1 Å². The van der Waals surface area contributed by atoms with Crippen molar-refractivity contribution in [2.45, 2.75) is 26.1 Å². The van der Waals surface area contributed by atoms with E-state index in [1.54, 1.807) is 0 Å². The van der Waals surface area contributed by atoms with Crippen LogP contribution in [0.5, 0.6) is 0 Å². The molecule has 0 unspecified atom stereocenters. The highest BCUT2D eigenvalue weighted by Gasteiger charge is 2.29. The average Bonchev–Trinajstić information content (AvgIpc) is 2.59. The van der Waals surface area contributed by atoms with Crippen molar-refractivity contribution in [3.05, 3.63) is 5.01 Å². The predicted octanol–water partition coefficient (Wildman–Crippen LogP) is 2.35. The van der Waals surface area contributed by atoms with E-state index < -0.39 is 12.7 Å². The summed E-state index contributed by atoms with van der Waals surface area (Å²) < 4.78 is 36.3. The Bertz CT molecular complexity index is 339. The maximum absolute atomic E-state index is 12.1. The van der Waals surface area contributed by atoms with Crippen LogP contribution in [0.3, 0.4) is 0 Å². The first-order chi connectivity index (χ1) is 7.90. The van der Waals surface area contributed by atoms with E-state index >= 15 is 0 Å². The van der Waals surface area contributed by atoms with Crippen molar-refractivity contribution in [3.8, 4) is 0 Å². The molecule has 1 heterocycles. The van der Waals surface area contributed by atoms with Crippen molar-refractivity contribution in [1.82, 2.24) is 15.1 Å². The van der Waals surface area contributed by atoms with Crippen LogP contribution in [-0.2, 0) is 6.54 Å². The highest BCUT2D eigenvalue weighted by atomic mass is 32.1. The number of hydrogen-bond donors (Lipinski definition) is 1. The second-order valence-electron chi connectivity index (χ2n) is 3.72. The highest BCUT2D eigenvalue weighted by molar-refractivity contribution is 7.15. The summed E-state index contributed by atoms with van der Waals surface area (Å²) in [6.07, 6.45) is -3.22. The monoisotopic (exact) mass is 268 g/mol. The maximum Gasteiger partial charge on any atom is 0.401 e. The van der Waals surface area contributed by atoms with Crippen molar-refractivity contribution in [1.29, 1.82) is 0 Å². The third-order valence-corrected chi connectivity index (χ3v) is 2.71. The number of aromatic nitrogens is 2. The Balaban J connectivity index is 2.43. The molecule has 1 N–H and O–H groups in total. The Hall–Kier alpha value is -0.890. The number of halogens is 3. The fraction of sp³-hybridized carbons (Fsp3) is 0.778. The zero-order valence-electron chi connectivity index (χ0n) is 9.71. The zero-order valence-corrected chi connectivity index (χ0v) is 10.5. The number of nitrogens with one attached hydrogen (secondary N) is 1. The maximum atomic E-state index is 12.1. The quantitative estimate of drug-likeness (QED) is 0.860. The second-order valence-corrected chi connectivity index (χ2v) is 4.78. The Labute approximate surface area is 102 Å². The van der Waals surface area contributed by atoms with E-state index in [1.807, 2.05) is 6.92 Å². The Morgan fingerprint density at radius 2 is 2.06 bits per heavy atom. The molecule has 0 bridgehead atoms. The van der Waals surface area contributed by atoms with Crippen LogP contribution in [-0.4, -0.2) is 41.4 Å². The van der Waals surface area contributed by atoms with Crippen molar-refractivity contribution >= 4 is 16.5 Å². The summed E-state index contributed by atoms with van der Waals surface area (Å²) in [5, 5.41) is 12.0. The van der Waals surface area contributed by atoms with Crippen molar-refractivity contribution < 1.29 is 13.2 Å². The lowest BCUT2D eigenvalue weighted by Crippen LogP contribution is -2.30. The van der Waals surface area contributed by atoms with Gasteiger partial charge in [-0.1, -0.05) is 18.3 Å². The lowest BCUT2D eigenvalue weighted by atomic mass is 10.5. The molecule has 0 aliphatic rings. The molecule has 0 atom stereocenters. The molecule has 4 nitrogen and oxygen atoms in total. The van der Waals surface area contributed by atoms with Crippen LogP contribution in [0.4, 0.5) is 18.3 Å². The van der Waals surface area contributed by atoms with Gasteiger partial charge in [0.25, 0.3) is 0 Å². The molecule has 0 spiro atoms. The lowest BCUT2D eigenvalue weighted by Gasteiger charge is -2.16. The first-order valence-corrected chi connectivity index (χ1v) is 6.04. The molecule has 1 aromatic rings. The molecule has 0 fully saturated rings. The largest absolute Gasteiger partial charge is 0.401 e. The zero-order chi connectivity index (χ0) is 12.9. The Kier molecular flexibility index (Phi) is 5.13. The molecule has 0 saturated carbocycles. The normalized spacial score (nSPS) is 12.1. The SMILES string of the molecule is CCCNc1nnc(CN(C)CC(F)(F)F)s1. The van der Waals surface area contributed by atoms with Gasteiger partial charge in [0.15, 0.2) is 0 Å². The molecule has 0 aliphatic carbocycles. The van der Waals surface area contributed by atoms with Gasteiger partial charge in [0.1, 0.15) is 5.01 Å². The van der Waals surface area contributed by atoms with Crippen LogP contribution < -0.4 is 5.32 Å². The van der Waals surface area contributed by atoms with Crippen molar-refractivity contribution in [2.24, 2.45) is 0 Å². The summed E-state index contributed by atoms with van der Waals surface area (Å²) in [5.41, 5.74) is 0. The minimum absolute atomic E-state index is 0.158. The van der Waals surface area contributed by atoms with Crippen LogP contribution in [0.25, 0.3) is 0 Å². The Morgan fingerprint density at radius 3 is 2.65 bits per heavy atom. The molecule has 17 heavy (non-hydrogen) atoms. The number of nitrogens with zero attached hydrogens (tertiary/aromatic N) is 3. The van der Waals surface area contributed by atoms with Gasteiger partial charge in [-0.25, -0.2) is 0 Å². The van der Waals surface area contributed by atoms with Gasteiger partial charge in [0, 0.05) is 6.54 Å². The lowest BCUT2D eigenvalue weighted by molar-refractivity contribution is -0.144. The molecular weight excluding hydrogens is 253 g/mol. The molecule has 98 valence electrons. The standard InChI is InChI=1S/C9H15F3N4S/c1-3-4-13-8-15-14-7(17-8)5-16(2)6-9(10,11)12/h3-6H2,1-2H3,(H,13,15). The van der Waals surface area contributed by atoms with Crippen LogP contribution >= 0.6 is 11.3 Å². The number of anilines is 1. The van der Waals surface area contributed by atoms with Crippen molar-refractivity contribution in [3.63, 3.8) is 0 Å². The van der Waals surface area contributed by atoms with Gasteiger partial charge in [-0.2, -0.15) is 13.2 Å². The second kappa shape index (κ2) is 6.15. The van der Waals surface area contributed by atoms with E-state index in [9.17, 15) is 13.2 Å². The molecule has 0 aromatic carbocycles. The van der Waals surface area contributed by atoms with Crippen LogP contribution in [0, 0.1) is 0 Å². The molecule has 8 heteroatoms. The van der Waals surface area contributed by atoms with Gasteiger partial charge < -0.3 is 5.32 Å². The van der Waals surface area contributed by atoms with Gasteiger partial charge in [0.2, 0.25) is 5.13 Å². The molecular formula is C9H15F3N4S. The van der Waals surface area contributed by atoms with Crippen LogP contribution in [0.1, 0.15) is 18.4 Å². The van der Waals surface area contributed by atoms with E-state index in [0.717, 1.165) is 13.0 Å². The first kappa shape index (κ1) is 14.2. The summed E-state index contributed by atoms with van der Waals surface area (Å²) in [7, 11) is 1.41. The molecule has 1 rings (SSSR count). The summed E-state index contributed by atoms with van der Waals surface area (Å²) in [6.45, 7) is 2.02. The van der Waals surface area contributed by atoms with Crippen molar-refractivity contribution in [2.75, 3.05) is 25.5 Å². The summed E-state index contributed by atoms with van der Waals surface area (Å²) in [5.74, 6) is 0. The molecule has 1 aromatic heterocycles. The van der Waals surface area contributed by atoms with Gasteiger partial charge in [-0.05, 0) is 13.5 Å². The number of hydrogen-bond acceptors (Lipinski definition) is 5. The highest BCUT2D eigenvalue weighted by Crippen LogP contribution is 2.19. The number of rotatable bonds is 6. The average molecular weight is 268 g/mol. The summed E-state index contributed by atoms with van der Waals surface area (Å²) in [6, 6.07) is 0. The molecule has 0 saturated heterocycles. The van der Waals surface area contributed by atoms with E-state index in [4.69, 9.17) is 0 Å². The third kappa shape index (κ3) is 5.83. The van der Waals surface area contributed by atoms with E-state index in [2.05, 4.69) is 15.5 Å². The molecule has 0 radical (unpaired) electrons. The minimum atomic E-state index is -4.18. The third-order valence-electron chi connectivity index (χ3n) is 1.85. The van der Waals surface area contributed by atoms with E-state index in [1.165, 1.54) is 23.3 Å². The number of alkyl halides is 3. The van der Waals surface area contributed by atoms with Gasteiger partial charge in [-0.15, -0.1) is 10.2 Å². The summed E-state index contributed by atoms with van der Waals surface area (Å²) >= 11 is 1.28. The van der Waals surface area contributed by atoms with Crippen LogP contribution in [0.15, 0.2) is 0 Å². The fourth-order valence-corrected chi connectivity index (χ4v) is 2.06. The minimum Gasteiger partial charge on any atom is -0.360 e. The summed E-state index contributed by atoms with van der Waals surface area (Å²) in [4.78, 5) is 1.17. The smallest absolute Gasteiger partial charge is 0.360 e. The van der Waals surface area contributed by atoms with Gasteiger partial charge >= 0.3 is 6.18 Å². The van der Waals surface area contributed by atoms with Gasteiger partial charge in [0.05, 0.1) is 13.1 Å². The Morgan fingerprint density at radius 1 is 1.35 bits per heavy atom. The fourth-order valence-electron chi connectivity index (χ4n) is 1.21. The first-order valence-electron chi connectivity index (χ1n) is 5.22.